The smallest absolute Gasteiger partial charge is 0.255 e. The van der Waals surface area contributed by atoms with Crippen molar-refractivity contribution in [1.29, 1.82) is 0 Å². The number of ether oxygens (including phenoxy) is 2. The first-order chi connectivity index (χ1) is 7.27. The summed E-state index contributed by atoms with van der Waals surface area (Å²) >= 11 is 0. The van der Waals surface area contributed by atoms with Gasteiger partial charge in [0.05, 0.1) is 12.8 Å². The molecule has 0 amide bonds. The number of anilines is 1. The van der Waals surface area contributed by atoms with Crippen LogP contribution in [0.5, 0.6) is 5.88 Å². The molecule has 0 aliphatic rings. The maximum atomic E-state index is 13.1. The Hall–Kier alpha value is -1.43. The van der Waals surface area contributed by atoms with Crippen LogP contribution < -0.4 is 10.1 Å². The Morgan fingerprint density at radius 3 is 2.93 bits per heavy atom. The first-order valence-corrected chi connectivity index (χ1v) is 4.60. The van der Waals surface area contributed by atoms with Crippen LogP contribution in [0.15, 0.2) is 6.20 Å². The molecule has 5 nitrogen and oxygen atoms in total. The second kappa shape index (κ2) is 6.13. The van der Waals surface area contributed by atoms with Crippen molar-refractivity contribution < 1.29 is 13.9 Å². The zero-order valence-electron chi connectivity index (χ0n) is 8.79. The van der Waals surface area contributed by atoms with Crippen molar-refractivity contribution >= 4 is 5.95 Å². The second-order valence-corrected chi connectivity index (χ2v) is 2.79. The quantitative estimate of drug-likeness (QED) is 0.719. The van der Waals surface area contributed by atoms with Gasteiger partial charge in [-0.2, -0.15) is 9.37 Å². The SMILES string of the molecule is CNc1ncc(F)c(OCCCOC)n1. The molecule has 0 spiro atoms. The highest BCUT2D eigenvalue weighted by Crippen LogP contribution is 2.14. The Balaban J connectivity index is 2.51. The lowest BCUT2D eigenvalue weighted by Crippen LogP contribution is -2.06. The first-order valence-electron chi connectivity index (χ1n) is 4.60. The Kier molecular flexibility index (Phi) is 4.76. The topological polar surface area (TPSA) is 56.3 Å². The average molecular weight is 215 g/mol. The number of hydrogen-bond donors (Lipinski definition) is 1. The zero-order valence-corrected chi connectivity index (χ0v) is 8.79. The normalized spacial score (nSPS) is 10.1. The van der Waals surface area contributed by atoms with Crippen molar-refractivity contribution in [2.24, 2.45) is 0 Å². The van der Waals surface area contributed by atoms with Crippen molar-refractivity contribution in [2.75, 3.05) is 32.7 Å². The molecule has 0 fully saturated rings. The highest BCUT2D eigenvalue weighted by molar-refractivity contribution is 5.27. The third-order valence-electron chi connectivity index (χ3n) is 1.67. The maximum absolute atomic E-state index is 13.1. The van der Waals surface area contributed by atoms with E-state index in [4.69, 9.17) is 9.47 Å². The summed E-state index contributed by atoms with van der Waals surface area (Å²) in [6.07, 6.45) is 1.76. The van der Waals surface area contributed by atoms with E-state index in [0.717, 1.165) is 6.20 Å². The molecule has 0 radical (unpaired) electrons. The molecule has 0 unspecified atom stereocenters. The van der Waals surface area contributed by atoms with Gasteiger partial charge in [0.25, 0.3) is 5.88 Å². The monoisotopic (exact) mass is 215 g/mol. The van der Waals surface area contributed by atoms with Gasteiger partial charge in [0.15, 0.2) is 0 Å². The highest BCUT2D eigenvalue weighted by atomic mass is 19.1. The summed E-state index contributed by atoms with van der Waals surface area (Å²) in [6, 6.07) is 0. The zero-order chi connectivity index (χ0) is 11.1. The summed E-state index contributed by atoms with van der Waals surface area (Å²) in [6.45, 7) is 0.941. The molecular weight excluding hydrogens is 201 g/mol. The highest BCUT2D eigenvalue weighted by Gasteiger charge is 2.06. The standard InChI is InChI=1S/C9H14FN3O2/c1-11-9-12-6-7(10)8(13-9)15-5-3-4-14-2/h6H,3-5H2,1-2H3,(H,11,12,13). The van der Waals surface area contributed by atoms with E-state index in [1.807, 2.05) is 0 Å². The van der Waals surface area contributed by atoms with Gasteiger partial charge in [-0.1, -0.05) is 0 Å². The number of aromatic nitrogens is 2. The van der Waals surface area contributed by atoms with E-state index in [0.29, 0.717) is 25.6 Å². The van der Waals surface area contributed by atoms with Crippen LogP contribution in [0.4, 0.5) is 10.3 Å². The predicted octanol–water partition coefficient (Wildman–Crippen LogP) is 1.07. The molecule has 1 heterocycles. The number of halogens is 1. The van der Waals surface area contributed by atoms with Crippen LogP contribution in [0.3, 0.4) is 0 Å². The Morgan fingerprint density at radius 2 is 2.27 bits per heavy atom. The molecule has 0 aromatic carbocycles. The van der Waals surface area contributed by atoms with Gasteiger partial charge in [0.1, 0.15) is 0 Å². The number of methoxy groups -OCH3 is 1. The summed E-state index contributed by atoms with van der Waals surface area (Å²) < 4.78 is 23.1. The fourth-order valence-corrected chi connectivity index (χ4v) is 0.945. The molecule has 1 aromatic rings. The number of nitrogens with zero attached hydrogens (tertiary/aromatic N) is 2. The van der Waals surface area contributed by atoms with E-state index < -0.39 is 5.82 Å². The first kappa shape index (κ1) is 11.6. The molecule has 0 aliphatic heterocycles. The molecule has 1 rings (SSSR count). The van der Waals surface area contributed by atoms with Gasteiger partial charge in [-0.3, -0.25) is 0 Å². The van der Waals surface area contributed by atoms with Crippen LogP contribution >= 0.6 is 0 Å². The summed E-state index contributed by atoms with van der Waals surface area (Å²) in [5.74, 6) is -0.269. The Bertz CT molecular complexity index is 309. The molecule has 0 aliphatic carbocycles. The van der Waals surface area contributed by atoms with Crippen molar-refractivity contribution in [1.82, 2.24) is 9.97 Å². The van der Waals surface area contributed by atoms with Crippen LogP contribution in [-0.2, 0) is 4.74 Å². The second-order valence-electron chi connectivity index (χ2n) is 2.79. The Morgan fingerprint density at radius 1 is 1.47 bits per heavy atom. The van der Waals surface area contributed by atoms with Crippen molar-refractivity contribution in [3.8, 4) is 5.88 Å². The lowest BCUT2D eigenvalue weighted by Gasteiger charge is -2.06. The van der Waals surface area contributed by atoms with Crippen LogP contribution in [0.25, 0.3) is 0 Å². The molecule has 0 saturated heterocycles. The molecule has 0 bridgehead atoms. The molecular formula is C9H14FN3O2. The summed E-state index contributed by atoms with van der Waals surface area (Å²) in [4.78, 5) is 7.53. The van der Waals surface area contributed by atoms with E-state index in [1.165, 1.54) is 0 Å². The average Bonchev–Trinajstić information content (AvgIpc) is 2.26. The van der Waals surface area contributed by atoms with Crippen molar-refractivity contribution in [3.63, 3.8) is 0 Å². The molecule has 15 heavy (non-hydrogen) atoms. The minimum absolute atomic E-state index is 0.0366. The van der Waals surface area contributed by atoms with E-state index in [-0.39, 0.29) is 5.88 Å². The third-order valence-corrected chi connectivity index (χ3v) is 1.67. The summed E-state index contributed by atoms with van der Waals surface area (Å²) in [5, 5.41) is 2.70. The number of nitrogens with one attached hydrogen (secondary N) is 1. The molecule has 0 saturated carbocycles. The van der Waals surface area contributed by atoms with Crippen LogP contribution in [0, 0.1) is 5.82 Å². The van der Waals surface area contributed by atoms with E-state index >= 15 is 0 Å². The fourth-order valence-electron chi connectivity index (χ4n) is 0.945. The van der Waals surface area contributed by atoms with Crippen molar-refractivity contribution in [3.05, 3.63) is 12.0 Å². The van der Waals surface area contributed by atoms with Crippen LogP contribution in [-0.4, -0.2) is 37.3 Å². The molecule has 1 N–H and O–H groups in total. The molecule has 6 heteroatoms. The third kappa shape index (κ3) is 3.67. The van der Waals surface area contributed by atoms with Crippen LogP contribution in [0.2, 0.25) is 0 Å². The fraction of sp³-hybridized carbons (Fsp3) is 0.556. The molecule has 1 aromatic heterocycles. The van der Waals surface area contributed by atoms with Crippen LogP contribution in [0.1, 0.15) is 6.42 Å². The summed E-state index contributed by atoms with van der Waals surface area (Å²) in [7, 11) is 3.26. The number of rotatable bonds is 6. The predicted molar refractivity (Wildman–Crippen MR) is 53.5 cm³/mol. The van der Waals surface area contributed by atoms with E-state index in [1.54, 1.807) is 14.2 Å². The lowest BCUT2D eigenvalue weighted by atomic mass is 10.5. The van der Waals surface area contributed by atoms with Crippen molar-refractivity contribution in [2.45, 2.75) is 6.42 Å². The minimum atomic E-state index is -0.564. The van der Waals surface area contributed by atoms with Gasteiger partial charge in [-0.25, -0.2) is 4.98 Å². The Labute approximate surface area is 87.6 Å². The van der Waals surface area contributed by atoms with Gasteiger partial charge in [0.2, 0.25) is 11.8 Å². The van der Waals surface area contributed by atoms with Gasteiger partial charge in [-0.15, -0.1) is 0 Å². The summed E-state index contributed by atoms with van der Waals surface area (Å²) in [5.41, 5.74) is 0. The number of hydrogen-bond acceptors (Lipinski definition) is 5. The van der Waals surface area contributed by atoms with Gasteiger partial charge >= 0.3 is 0 Å². The van der Waals surface area contributed by atoms with Gasteiger partial charge < -0.3 is 14.8 Å². The lowest BCUT2D eigenvalue weighted by molar-refractivity contribution is 0.168. The maximum Gasteiger partial charge on any atom is 0.255 e. The van der Waals surface area contributed by atoms with E-state index in [9.17, 15) is 4.39 Å². The van der Waals surface area contributed by atoms with E-state index in [2.05, 4.69) is 15.3 Å². The largest absolute Gasteiger partial charge is 0.475 e. The molecule has 84 valence electrons. The minimum Gasteiger partial charge on any atom is -0.475 e. The van der Waals surface area contributed by atoms with Gasteiger partial charge in [0, 0.05) is 27.2 Å². The molecule has 0 atom stereocenters. The van der Waals surface area contributed by atoms with Gasteiger partial charge in [-0.05, 0) is 0 Å².